The fourth-order valence-corrected chi connectivity index (χ4v) is 5.26. The van der Waals surface area contributed by atoms with Crippen molar-refractivity contribution in [2.45, 2.75) is 33.1 Å². The van der Waals surface area contributed by atoms with Crippen LogP contribution in [0, 0.1) is 12.8 Å². The molecule has 3 heteroatoms. The molecule has 0 fully saturated rings. The summed E-state index contributed by atoms with van der Waals surface area (Å²) in [4.78, 5) is 0. The van der Waals surface area contributed by atoms with E-state index in [-0.39, 0.29) is 0 Å². The van der Waals surface area contributed by atoms with Crippen molar-refractivity contribution in [2.24, 2.45) is 11.7 Å². The molecule has 0 saturated carbocycles. The topological polar surface area (TPSA) is 52.3 Å². The highest BCUT2D eigenvalue weighted by molar-refractivity contribution is 6.09. The third kappa shape index (κ3) is 3.48. The van der Waals surface area contributed by atoms with Crippen molar-refractivity contribution < 1.29 is 8.83 Å². The van der Waals surface area contributed by atoms with Gasteiger partial charge in [0.05, 0.1) is 0 Å². The number of aryl methyl sites for hydroxylation is 1. The van der Waals surface area contributed by atoms with E-state index in [4.69, 9.17) is 14.6 Å². The maximum absolute atomic E-state index is 6.37. The van der Waals surface area contributed by atoms with Gasteiger partial charge in [0.1, 0.15) is 22.3 Å². The number of rotatable bonds is 6. The first-order valence-electron chi connectivity index (χ1n) is 12.2. The van der Waals surface area contributed by atoms with Gasteiger partial charge in [0.25, 0.3) is 0 Å². The van der Waals surface area contributed by atoms with E-state index in [9.17, 15) is 0 Å². The Balaban J connectivity index is 1.44. The summed E-state index contributed by atoms with van der Waals surface area (Å²) >= 11 is 0. The van der Waals surface area contributed by atoms with E-state index in [0.29, 0.717) is 5.92 Å². The van der Waals surface area contributed by atoms with Crippen LogP contribution in [0.1, 0.15) is 30.9 Å². The molecule has 1 unspecified atom stereocenters. The Bertz CT molecular complexity index is 1650. The first-order valence-corrected chi connectivity index (χ1v) is 12.2. The molecule has 0 amide bonds. The lowest BCUT2D eigenvalue weighted by Gasteiger charge is -2.10. The van der Waals surface area contributed by atoms with Crippen LogP contribution in [0.2, 0.25) is 0 Å². The van der Waals surface area contributed by atoms with Gasteiger partial charge < -0.3 is 14.6 Å². The third-order valence-electron chi connectivity index (χ3n) is 7.07. The van der Waals surface area contributed by atoms with Gasteiger partial charge in [-0.1, -0.05) is 55.5 Å². The predicted molar refractivity (Wildman–Crippen MR) is 142 cm³/mol. The van der Waals surface area contributed by atoms with Gasteiger partial charge in [-0.2, -0.15) is 0 Å². The molecular formula is C31H29NO2. The summed E-state index contributed by atoms with van der Waals surface area (Å²) in [5.74, 6) is 0.582. The molecule has 6 aromatic rings. The fraction of sp³-hybridized carbons (Fsp3) is 0.226. The molecule has 0 spiro atoms. The van der Waals surface area contributed by atoms with Crippen molar-refractivity contribution in [2.75, 3.05) is 6.54 Å². The third-order valence-corrected chi connectivity index (χ3v) is 7.07. The largest absolute Gasteiger partial charge is 0.456 e. The number of fused-ring (bicyclic) bond motifs is 6. The van der Waals surface area contributed by atoms with Gasteiger partial charge in [0.2, 0.25) is 0 Å². The van der Waals surface area contributed by atoms with Gasteiger partial charge in [-0.25, -0.2) is 0 Å². The first kappa shape index (κ1) is 21.0. The van der Waals surface area contributed by atoms with Gasteiger partial charge in [0, 0.05) is 21.5 Å². The second-order valence-corrected chi connectivity index (χ2v) is 9.61. The Morgan fingerprint density at radius 1 is 0.735 bits per heavy atom. The Morgan fingerprint density at radius 2 is 1.35 bits per heavy atom. The quantitative estimate of drug-likeness (QED) is 0.279. The molecular weight excluding hydrogens is 418 g/mol. The number of nitrogens with two attached hydrogens (primary N) is 1. The number of benzene rings is 4. The van der Waals surface area contributed by atoms with Crippen LogP contribution in [0.4, 0.5) is 0 Å². The Labute approximate surface area is 199 Å². The zero-order valence-electron chi connectivity index (χ0n) is 19.7. The van der Waals surface area contributed by atoms with E-state index >= 15 is 0 Å². The zero-order chi connectivity index (χ0) is 23.2. The normalized spacial score (nSPS) is 12.9. The van der Waals surface area contributed by atoms with Crippen LogP contribution in [0.5, 0.6) is 0 Å². The van der Waals surface area contributed by atoms with Crippen molar-refractivity contribution in [3.63, 3.8) is 0 Å². The average Bonchev–Trinajstić information content (AvgIpc) is 3.42. The van der Waals surface area contributed by atoms with Gasteiger partial charge in [-0.15, -0.1) is 0 Å². The molecule has 2 heterocycles. The molecule has 34 heavy (non-hydrogen) atoms. The van der Waals surface area contributed by atoms with Gasteiger partial charge in [0.15, 0.2) is 0 Å². The first-order chi connectivity index (χ1) is 16.6. The molecule has 1 atom stereocenters. The van der Waals surface area contributed by atoms with Crippen molar-refractivity contribution >= 4 is 43.9 Å². The van der Waals surface area contributed by atoms with Crippen molar-refractivity contribution in [1.29, 1.82) is 0 Å². The standard InChI is InChI=1S/C31H29NO2/c1-19(6-5-15-32)16-23-8-4-10-25-27-18-22(12-14-29(27)34-31(23)25)21-11-13-28-26(17-21)24-9-3-7-20(2)30(24)33-28/h3-4,7-14,17-19H,5-6,15-16,32H2,1-2H3. The summed E-state index contributed by atoms with van der Waals surface area (Å²) in [5, 5.41) is 4.67. The van der Waals surface area contributed by atoms with Crippen LogP contribution >= 0.6 is 0 Å². The second-order valence-electron chi connectivity index (χ2n) is 9.61. The van der Waals surface area contributed by atoms with E-state index in [1.807, 2.05) is 0 Å². The number of para-hydroxylation sites is 2. The van der Waals surface area contributed by atoms with E-state index in [1.54, 1.807) is 0 Å². The minimum absolute atomic E-state index is 0.582. The van der Waals surface area contributed by atoms with Crippen molar-refractivity contribution in [1.82, 2.24) is 0 Å². The lowest BCUT2D eigenvalue weighted by Crippen LogP contribution is -2.05. The monoisotopic (exact) mass is 447 g/mol. The molecule has 0 aliphatic rings. The van der Waals surface area contributed by atoms with Gasteiger partial charge in [-0.05, 0) is 85.2 Å². The molecule has 2 aromatic heterocycles. The molecule has 2 N–H and O–H groups in total. The molecule has 0 aliphatic heterocycles. The molecule has 0 aliphatic carbocycles. The van der Waals surface area contributed by atoms with Crippen LogP contribution in [-0.4, -0.2) is 6.54 Å². The summed E-state index contributed by atoms with van der Waals surface area (Å²) < 4.78 is 12.5. The summed E-state index contributed by atoms with van der Waals surface area (Å²) in [7, 11) is 0. The molecule has 0 bridgehead atoms. The van der Waals surface area contributed by atoms with E-state index in [0.717, 1.165) is 64.5 Å². The van der Waals surface area contributed by atoms with E-state index in [2.05, 4.69) is 86.6 Å². The van der Waals surface area contributed by atoms with Gasteiger partial charge >= 0.3 is 0 Å². The van der Waals surface area contributed by atoms with Crippen LogP contribution in [0.3, 0.4) is 0 Å². The molecule has 6 rings (SSSR count). The molecule has 0 radical (unpaired) electrons. The smallest absolute Gasteiger partial charge is 0.138 e. The lowest BCUT2D eigenvalue weighted by molar-refractivity contribution is 0.510. The van der Waals surface area contributed by atoms with Gasteiger partial charge in [-0.3, -0.25) is 0 Å². The van der Waals surface area contributed by atoms with Crippen LogP contribution in [0.15, 0.2) is 81.6 Å². The highest BCUT2D eigenvalue weighted by Gasteiger charge is 2.15. The van der Waals surface area contributed by atoms with E-state index in [1.165, 1.54) is 27.5 Å². The Morgan fingerprint density at radius 3 is 2.03 bits per heavy atom. The van der Waals surface area contributed by atoms with Crippen LogP contribution < -0.4 is 5.73 Å². The van der Waals surface area contributed by atoms with E-state index < -0.39 is 0 Å². The number of hydrogen-bond donors (Lipinski definition) is 1. The summed E-state index contributed by atoms with van der Waals surface area (Å²) in [6.45, 7) is 5.14. The van der Waals surface area contributed by atoms with Crippen LogP contribution in [-0.2, 0) is 6.42 Å². The zero-order valence-corrected chi connectivity index (χ0v) is 19.7. The summed E-state index contributed by atoms with van der Waals surface area (Å²) in [6, 6.07) is 25.9. The highest BCUT2D eigenvalue weighted by atomic mass is 16.3. The maximum atomic E-state index is 6.37. The number of furan rings is 2. The highest BCUT2D eigenvalue weighted by Crippen LogP contribution is 2.37. The van der Waals surface area contributed by atoms with Crippen molar-refractivity contribution in [3.8, 4) is 11.1 Å². The molecule has 3 nitrogen and oxygen atoms in total. The van der Waals surface area contributed by atoms with Crippen LogP contribution in [0.25, 0.3) is 55.0 Å². The predicted octanol–water partition coefficient (Wildman–Crippen LogP) is 8.38. The fourth-order valence-electron chi connectivity index (χ4n) is 5.26. The molecule has 4 aromatic carbocycles. The Hall–Kier alpha value is -3.56. The average molecular weight is 448 g/mol. The minimum atomic E-state index is 0.582. The molecule has 170 valence electrons. The Kier molecular flexibility index (Phi) is 5.15. The van der Waals surface area contributed by atoms with Crippen molar-refractivity contribution in [3.05, 3.63) is 83.9 Å². The lowest BCUT2D eigenvalue weighted by atomic mass is 9.95. The maximum Gasteiger partial charge on any atom is 0.138 e. The SMILES string of the molecule is Cc1cccc2c1oc1ccc(-c3ccc4oc5c(CC(C)CCCN)cccc5c4c3)cc12. The molecule has 0 saturated heterocycles. The summed E-state index contributed by atoms with van der Waals surface area (Å²) in [5.41, 5.74) is 14.4. The minimum Gasteiger partial charge on any atom is -0.456 e. The second kappa shape index (κ2) is 8.34. The number of hydrogen-bond acceptors (Lipinski definition) is 3. The summed E-state index contributed by atoms with van der Waals surface area (Å²) in [6.07, 6.45) is 3.21.